The molecule has 6 nitrogen and oxygen atoms in total. The molecule has 27 heavy (non-hydrogen) atoms. The van der Waals surface area contributed by atoms with Crippen LogP contribution in [0, 0.1) is 5.41 Å². The number of imidazole rings is 1. The molecule has 0 radical (unpaired) electrons. The van der Waals surface area contributed by atoms with Crippen LogP contribution < -0.4 is 5.73 Å². The molecule has 0 aliphatic heterocycles. The van der Waals surface area contributed by atoms with Gasteiger partial charge in [-0.2, -0.15) is 0 Å². The number of hydrogen-bond donors (Lipinski definition) is 1. The molecule has 0 bridgehead atoms. The number of anilines is 1. The minimum absolute atomic E-state index is 0.0125. The molecule has 0 aliphatic rings. The zero-order valence-corrected chi connectivity index (χ0v) is 16.9. The Bertz CT molecular complexity index is 987. The molecular formula is C21H29N5O. The second-order valence-electron chi connectivity index (χ2n) is 7.93. The average molecular weight is 367 g/mol. The van der Waals surface area contributed by atoms with Crippen molar-refractivity contribution in [2.45, 2.75) is 53.5 Å². The Morgan fingerprint density at radius 3 is 2.70 bits per heavy atom. The smallest absolute Gasteiger partial charge is 0.152 e. The van der Waals surface area contributed by atoms with Gasteiger partial charge in [-0.15, -0.1) is 0 Å². The maximum absolute atomic E-state index is 6.26. The van der Waals surface area contributed by atoms with E-state index in [1.807, 2.05) is 25.1 Å². The topological polar surface area (TPSA) is 78.3 Å². The Labute approximate surface area is 160 Å². The predicted octanol–water partition coefficient (Wildman–Crippen LogP) is 4.56. The number of hydrogen-bond acceptors (Lipinski definition) is 5. The summed E-state index contributed by atoms with van der Waals surface area (Å²) in [6.07, 6.45) is 2.77. The molecule has 2 N–H and O–H groups in total. The molecule has 0 saturated heterocycles. The summed E-state index contributed by atoms with van der Waals surface area (Å²) in [5.74, 6) is 1.56. The number of aromatic nitrogens is 3. The van der Waals surface area contributed by atoms with Gasteiger partial charge in [-0.25, -0.2) is 9.97 Å². The van der Waals surface area contributed by atoms with Crippen molar-refractivity contribution in [1.29, 1.82) is 0 Å². The first-order chi connectivity index (χ1) is 12.9. The lowest BCUT2D eigenvalue weighted by Crippen LogP contribution is -2.24. The first kappa shape index (κ1) is 19.1. The SMILES string of the molecule is CCCc1nc2c(N)nc3ccccc3c2n1CC(C)(C)C/C(C)=N/OC. The quantitative estimate of drug-likeness (QED) is 0.490. The molecule has 144 valence electrons. The highest BCUT2D eigenvalue weighted by atomic mass is 16.6. The van der Waals surface area contributed by atoms with Gasteiger partial charge in [0, 0.05) is 18.4 Å². The van der Waals surface area contributed by atoms with Crippen molar-refractivity contribution in [3.8, 4) is 0 Å². The first-order valence-electron chi connectivity index (χ1n) is 9.46. The van der Waals surface area contributed by atoms with Crippen LogP contribution in [0.25, 0.3) is 21.9 Å². The molecule has 3 rings (SSSR count). The van der Waals surface area contributed by atoms with E-state index in [0.29, 0.717) is 5.82 Å². The summed E-state index contributed by atoms with van der Waals surface area (Å²) in [6.45, 7) is 9.49. The average Bonchev–Trinajstić information content (AvgIpc) is 2.94. The van der Waals surface area contributed by atoms with Crippen molar-refractivity contribution < 1.29 is 4.84 Å². The molecule has 6 heteroatoms. The zero-order valence-electron chi connectivity index (χ0n) is 16.9. The molecule has 0 spiro atoms. The fraction of sp³-hybridized carbons (Fsp3) is 0.476. The molecule has 0 saturated carbocycles. The number of para-hydroxylation sites is 1. The van der Waals surface area contributed by atoms with E-state index in [9.17, 15) is 0 Å². The number of benzene rings is 1. The van der Waals surface area contributed by atoms with Crippen molar-refractivity contribution in [3.63, 3.8) is 0 Å². The van der Waals surface area contributed by atoms with Crippen LogP contribution in [0.3, 0.4) is 0 Å². The molecule has 0 amide bonds. The minimum Gasteiger partial charge on any atom is -0.399 e. The van der Waals surface area contributed by atoms with Crippen LogP contribution in [0.5, 0.6) is 0 Å². The number of rotatable bonds is 7. The van der Waals surface area contributed by atoms with E-state index in [0.717, 1.165) is 59.3 Å². The summed E-state index contributed by atoms with van der Waals surface area (Å²) in [5.41, 5.74) is 10.0. The van der Waals surface area contributed by atoms with Gasteiger partial charge >= 0.3 is 0 Å². The molecule has 0 unspecified atom stereocenters. The fourth-order valence-electron chi connectivity index (χ4n) is 3.85. The molecular weight excluding hydrogens is 338 g/mol. The number of nitrogens with two attached hydrogens (primary N) is 1. The Morgan fingerprint density at radius 1 is 1.26 bits per heavy atom. The van der Waals surface area contributed by atoms with Crippen LogP contribution in [0.1, 0.15) is 46.4 Å². The van der Waals surface area contributed by atoms with Crippen LogP contribution in [0.4, 0.5) is 5.82 Å². The molecule has 1 aromatic carbocycles. The molecule has 2 heterocycles. The monoisotopic (exact) mass is 367 g/mol. The third-order valence-electron chi connectivity index (χ3n) is 4.73. The van der Waals surface area contributed by atoms with E-state index >= 15 is 0 Å². The van der Waals surface area contributed by atoms with Gasteiger partial charge in [-0.1, -0.05) is 44.1 Å². The van der Waals surface area contributed by atoms with Gasteiger partial charge in [-0.05, 0) is 31.2 Å². The summed E-state index contributed by atoms with van der Waals surface area (Å²) < 4.78 is 2.33. The predicted molar refractivity (Wildman–Crippen MR) is 112 cm³/mol. The van der Waals surface area contributed by atoms with Crippen LogP contribution in [-0.2, 0) is 17.8 Å². The Morgan fingerprint density at radius 2 is 2.00 bits per heavy atom. The standard InChI is InChI=1S/C21H29N5O/c1-6-9-17-24-18-19(15-10-7-8-11-16(15)23-20(18)22)26(17)13-21(3,4)12-14(2)25-27-5/h7-8,10-11H,6,9,12-13H2,1-5H3,(H2,22,23)/b25-14+. The lowest BCUT2D eigenvalue weighted by Gasteiger charge is -2.26. The van der Waals surface area contributed by atoms with E-state index < -0.39 is 0 Å². The zero-order chi connectivity index (χ0) is 19.6. The number of fused-ring (bicyclic) bond motifs is 3. The lowest BCUT2D eigenvalue weighted by molar-refractivity contribution is 0.209. The highest BCUT2D eigenvalue weighted by Gasteiger charge is 2.25. The number of nitrogen functional groups attached to an aromatic ring is 1. The lowest BCUT2D eigenvalue weighted by atomic mass is 9.87. The number of aryl methyl sites for hydroxylation is 1. The van der Waals surface area contributed by atoms with Crippen LogP contribution >= 0.6 is 0 Å². The van der Waals surface area contributed by atoms with Crippen molar-refractivity contribution in [3.05, 3.63) is 30.1 Å². The van der Waals surface area contributed by atoms with Crippen molar-refractivity contribution >= 4 is 33.5 Å². The molecule has 0 fully saturated rings. The maximum atomic E-state index is 6.26. The fourth-order valence-corrected chi connectivity index (χ4v) is 3.85. The van der Waals surface area contributed by atoms with Gasteiger partial charge in [0.1, 0.15) is 18.5 Å². The van der Waals surface area contributed by atoms with E-state index in [4.69, 9.17) is 15.6 Å². The van der Waals surface area contributed by atoms with Gasteiger partial charge in [0.25, 0.3) is 0 Å². The molecule has 2 aromatic heterocycles. The maximum Gasteiger partial charge on any atom is 0.152 e. The summed E-state index contributed by atoms with van der Waals surface area (Å²) in [4.78, 5) is 14.4. The van der Waals surface area contributed by atoms with Gasteiger partial charge in [0.15, 0.2) is 5.82 Å². The molecule has 0 atom stereocenters. The number of pyridine rings is 1. The molecule has 0 aliphatic carbocycles. The van der Waals surface area contributed by atoms with Gasteiger partial charge in [0.05, 0.1) is 16.7 Å². The summed E-state index contributed by atoms with van der Waals surface area (Å²) >= 11 is 0. The van der Waals surface area contributed by atoms with E-state index in [2.05, 4.69) is 41.5 Å². The summed E-state index contributed by atoms with van der Waals surface area (Å²) in [5, 5.41) is 5.18. The second kappa shape index (κ2) is 7.55. The third kappa shape index (κ3) is 3.89. The van der Waals surface area contributed by atoms with Gasteiger partial charge < -0.3 is 15.1 Å². The normalized spacial score (nSPS) is 12.9. The minimum atomic E-state index is -0.0125. The van der Waals surface area contributed by atoms with E-state index in [1.165, 1.54) is 0 Å². The van der Waals surface area contributed by atoms with Crippen LogP contribution in [-0.4, -0.2) is 27.4 Å². The number of nitrogens with zero attached hydrogens (tertiary/aromatic N) is 4. The Kier molecular flexibility index (Phi) is 5.35. The molecule has 3 aromatic rings. The first-order valence-corrected chi connectivity index (χ1v) is 9.46. The van der Waals surface area contributed by atoms with Gasteiger partial charge in [0.2, 0.25) is 0 Å². The van der Waals surface area contributed by atoms with Crippen LogP contribution in [0.2, 0.25) is 0 Å². The summed E-state index contributed by atoms with van der Waals surface area (Å²) in [6, 6.07) is 8.13. The largest absolute Gasteiger partial charge is 0.399 e. The Hall–Kier alpha value is -2.63. The van der Waals surface area contributed by atoms with E-state index in [1.54, 1.807) is 7.11 Å². The summed E-state index contributed by atoms with van der Waals surface area (Å²) in [7, 11) is 1.58. The van der Waals surface area contributed by atoms with Crippen molar-refractivity contribution in [2.75, 3.05) is 12.8 Å². The van der Waals surface area contributed by atoms with Crippen molar-refractivity contribution in [2.24, 2.45) is 10.6 Å². The van der Waals surface area contributed by atoms with Gasteiger partial charge in [-0.3, -0.25) is 0 Å². The highest BCUT2D eigenvalue weighted by molar-refractivity contribution is 6.06. The van der Waals surface area contributed by atoms with Crippen molar-refractivity contribution in [1.82, 2.24) is 14.5 Å². The Balaban J connectivity index is 2.17. The third-order valence-corrected chi connectivity index (χ3v) is 4.73. The highest BCUT2D eigenvalue weighted by Crippen LogP contribution is 2.33. The second-order valence-corrected chi connectivity index (χ2v) is 7.93. The van der Waals surface area contributed by atoms with Crippen LogP contribution in [0.15, 0.2) is 29.4 Å². The van der Waals surface area contributed by atoms with E-state index in [-0.39, 0.29) is 5.41 Å². The number of oxime groups is 1.